The van der Waals surface area contributed by atoms with Crippen LogP contribution in [0.15, 0.2) is 78.9 Å². The van der Waals surface area contributed by atoms with Crippen molar-refractivity contribution in [3.63, 3.8) is 0 Å². The number of benzene rings is 3. The van der Waals surface area contributed by atoms with Crippen LogP contribution in [0.25, 0.3) is 0 Å². The normalized spacial score (nSPS) is 11.1. The Bertz CT molecular complexity index is 874. The van der Waals surface area contributed by atoms with E-state index in [1.807, 2.05) is 66.7 Å². The maximum Gasteiger partial charge on any atom is 0.200 e. The lowest BCUT2D eigenvalue weighted by atomic mass is 9.86. The van der Waals surface area contributed by atoms with Crippen LogP contribution < -0.4 is 9.47 Å². The molecule has 27 heavy (non-hydrogen) atoms. The first-order valence-electron chi connectivity index (χ1n) is 9.01. The van der Waals surface area contributed by atoms with Crippen molar-refractivity contribution in [2.45, 2.75) is 26.2 Å². The van der Waals surface area contributed by atoms with Crippen molar-refractivity contribution in [1.29, 1.82) is 0 Å². The zero-order chi connectivity index (χ0) is 19.3. The Labute approximate surface area is 160 Å². The second kappa shape index (κ2) is 8.09. The van der Waals surface area contributed by atoms with Crippen LogP contribution in [0.3, 0.4) is 0 Å². The Morgan fingerprint density at radius 2 is 1.30 bits per heavy atom. The molecule has 3 rings (SSSR count). The summed E-state index contributed by atoms with van der Waals surface area (Å²) in [5.74, 6) is 2.09. The Hall–Kier alpha value is -3.07. The number of carbonyl (C=O) groups is 1. The fourth-order valence-corrected chi connectivity index (χ4v) is 2.62. The number of hydrogen-bond acceptors (Lipinski definition) is 3. The Kier molecular flexibility index (Phi) is 5.60. The van der Waals surface area contributed by atoms with E-state index in [0.717, 1.165) is 11.5 Å². The van der Waals surface area contributed by atoms with Crippen LogP contribution in [0, 0.1) is 0 Å². The molecule has 0 heterocycles. The predicted molar refractivity (Wildman–Crippen MR) is 108 cm³/mol. The molecule has 138 valence electrons. The van der Waals surface area contributed by atoms with E-state index in [0.29, 0.717) is 11.3 Å². The summed E-state index contributed by atoms with van der Waals surface area (Å²) < 4.78 is 11.4. The molecule has 3 nitrogen and oxygen atoms in total. The molecule has 0 spiro atoms. The minimum Gasteiger partial charge on any atom is -0.485 e. The van der Waals surface area contributed by atoms with Crippen molar-refractivity contribution in [3.05, 3.63) is 90.0 Å². The van der Waals surface area contributed by atoms with Crippen LogP contribution in [0.5, 0.6) is 17.2 Å². The minimum atomic E-state index is -0.0416. The molecular weight excluding hydrogens is 336 g/mol. The second-order valence-corrected chi connectivity index (χ2v) is 7.43. The zero-order valence-corrected chi connectivity index (χ0v) is 15.9. The largest absolute Gasteiger partial charge is 0.485 e. The molecule has 0 saturated heterocycles. The smallest absolute Gasteiger partial charge is 0.200 e. The third-order valence-electron chi connectivity index (χ3n) is 4.25. The first-order valence-corrected chi connectivity index (χ1v) is 9.01. The van der Waals surface area contributed by atoms with Crippen molar-refractivity contribution in [2.75, 3.05) is 6.61 Å². The zero-order valence-electron chi connectivity index (χ0n) is 15.9. The number of carbonyl (C=O) groups excluding carboxylic acids is 1. The van der Waals surface area contributed by atoms with Crippen LogP contribution >= 0.6 is 0 Å². The average Bonchev–Trinajstić information content (AvgIpc) is 2.67. The van der Waals surface area contributed by atoms with E-state index in [2.05, 4.69) is 20.8 Å². The molecule has 0 aliphatic rings. The molecule has 0 N–H and O–H groups in total. The number of rotatable bonds is 6. The molecule has 3 aromatic carbocycles. The van der Waals surface area contributed by atoms with E-state index < -0.39 is 0 Å². The summed E-state index contributed by atoms with van der Waals surface area (Å²) in [6.07, 6.45) is 0. The van der Waals surface area contributed by atoms with Gasteiger partial charge in [-0.15, -0.1) is 0 Å². The quantitative estimate of drug-likeness (QED) is 0.503. The summed E-state index contributed by atoms with van der Waals surface area (Å²) in [4.78, 5) is 12.3. The molecular formula is C24H24O3. The fourth-order valence-electron chi connectivity index (χ4n) is 2.62. The first kappa shape index (κ1) is 18.7. The van der Waals surface area contributed by atoms with Crippen LogP contribution in [-0.4, -0.2) is 12.4 Å². The van der Waals surface area contributed by atoms with Gasteiger partial charge in [0.05, 0.1) is 0 Å². The molecule has 3 aromatic rings. The van der Waals surface area contributed by atoms with E-state index >= 15 is 0 Å². The van der Waals surface area contributed by atoms with Crippen molar-refractivity contribution in [2.24, 2.45) is 0 Å². The molecule has 0 unspecified atom stereocenters. The highest BCUT2D eigenvalue weighted by Crippen LogP contribution is 2.24. The molecule has 0 fully saturated rings. The third-order valence-corrected chi connectivity index (χ3v) is 4.25. The van der Waals surface area contributed by atoms with Crippen LogP contribution in [0.4, 0.5) is 0 Å². The van der Waals surface area contributed by atoms with Gasteiger partial charge in [0.25, 0.3) is 0 Å². The van der Waals surface area contributed by atoms with Crippen molar-refractivity contribution in [1.82, 2.24) is 0 Å². The Morgan fingerprint density at radius 3 is 1.89 bits per heavy atom. The molecule has 0 aromatic heterocycles. The summed E-state index contributed by atoms with van der Waals surface area (Å²) in [5.41, 5.74) is 1.93. The van der Waals surface area contributed by atoms with Gasteiger partial charge in [0.2, 0.25) is 0 Å². The van der Waals surface area contributed by atoms with Crippen LogP contribution in [0.1, 0.15) is 36.7 Å². The summed E-state index contributed by atoms with van der Waals surface area (Å²) in [5, 5.41) is 0. The van der Waals surface area contributed by atoms with Crippen LogP contribution in [0.2, 0.25) is 0 Å². The third kappa shape index (κ3) is 5.20. The van der Waals surface area contributed by atoms with Gasteiger partial charge in [-0.2, -0.15) is 0 Å². The van der Waals surface area contributed by atoms with Crippen molar-refractivity contribution < 1.29 is 14.3 Å². The average molecular weight is 360 g/mol. The Balaban J connectivity index is 1.56. The standard InChI is InChI=1S/C24H24O3/c1-24(2,3)19-11-9-18(10-12-19)23(25)17-26-20-13-15-22(16-14-20)27-21-7-5-4-6-8-21/h4-16H,17H2,1-3H3. The number of ketones is 1. The molecule has 0 radical (unpaired) electrons. The fraction of sp³-hybridized carbons (Fsp3) is 0.208. The number of ether oxygens (including phenoxy) is 2. The van der Waals surface area contributed by atoms with E-state index in [1.165, 1.54) is 5.56 Å². The lowest BCUT2D eigenvalue weighted by molar-refractivity contribution is 0.0921. The maximum atomic E-state index is 12.3. The predicted octanol–water partition coefficient (Wildman–Crippen LogP) is 6.04. The molecule has 0 bridgehead atoms. The summed E-state index contributed by atoms with van der Waals surface area (Å²) in [7, 11) is 0. The number of para-hydroxylation sites is 1. The highest BCUT2D eigenvalue weighted by atomic mass is 16.5. The number of hydrogen-bond donors (Lipinski definition) is 0. The van der Waals surface area contributed by atoms with Crippen molar-refractivity contribution >= 4 is 5.78 Å². The minimum absolute atomic E-state index is 0.00769. The number of Topliss-reactive ketones (excluding diaryl/α,β-unsaturated/α-hetero) is 1. The summed E-state index contributed by atoms with van der Waals surface area (Å²) in [6, 6.07) is 24.6. The van der Waals surface area contributed by atoms with Gasteiger partial charge in [-0.25, -0.2) is 0 Å². The molecule has 0 saturated carbocycles. The van der Waals surface area contributed by atoms with E-state index in [1.54, 1.807) is 12.1 Å². The first-order chi connectivity index (χ1) is 12.9. The molecule has 0 aliphatic heterocycles. The van der Waals surface area contributed by atoms with Gasteiger partial charge in [-0.05, 0) is 47.4 Å². The van der Waals surface area contributed by atoms with Gasteiger partial charge in [-0.1, -0.05) is 63.2 Å². The highest BCUT2D eigenvalue weighted by Gasteiger charge is 2.14. The molecule has 3 heteroatoms. The molecule has 0 amide bonds. The molecule has 0 atom stereocenters. The topological polar surface area (TPSA) is 35.5 Å². The van der Waals surface area contributed by atoms with Gasteiger partial charge in [0, 0.05) is 5.56 Å². The maximum absolute atomic E-state index is 12.3. The lowest BCUT2D eigenvalue weighted by Crippen LogP contribution is -2.14. The monoisotopic (exact) mass is 360 g/mol. The lowest BCUT2D eigenvalue weighted by Gasteiger charge is -2.19. The van der Waals surface area contributed by atoms with Crippen LogP contribution in [-0.2, 0) is 5.41 Å². The summed E-state index contributed by atoms with van der Waals surface area (Å²) in [6.45, 7) is 6.46. The van der Waals surface area contributed by atoms with E-state index in [9.17, 15) is 4.79 Å². The SMILES string of the molecule is CC(C)(C)c1ccc(C(=O)COc2ccc(Oc3ccccc3)cc2)cc1. The second-order valence-electron chi connectivity index (χ2n) is 7.43. The van der Waals surface area contributed by atoms with E-state index in [4.69, 9.17) is 9.47 Å². The van der Waals surface area contributed by atoms with Gasteiger partial charge in [0.15, 0.2) is 12.4 Å². The van der Waals surface area contributed by atoms with E-state index in [-0.39, 0.29) is 17.8 Å². The van der Waals surface area contributed by atoms with Gasteiger partial charge in [0.1, 0.15) is 17.2 Å². The van der Waals surface area contributed by atoms with Gasteiger partial charge >= 0.3 is 0 Å². The van der Waals surface area contributed by atoms with Gasteiger partial charge < -0.3 is 9.47 Å². The van der Waals surface area contributed by atoms with Crippen molar-refractivity contribution in [3.8, 4) is 17.2 Å². The summed E-state index contributed by atoms with van der Waals surface area (Å²) >= 11 is 0. The van der Waals surface area contributed by atoms with Gasteiger partial charge in [-0.3, -0.25) is 4.79 Å². The molecule has 0 aliphatic carbocycles. The highest BCUT2D eigenvalue weighted by molar-refractivity contribution is 5.97. The Morgan fingerprint density at radius 1 is 0.741 bits per heavy atom.